The van der Waals surface area contributed by atoms with Crippen LogP contribution in [0.5, 0.6) is 0 Å². The average Bonchev–Trinajstić information content (AvgIpc) is 2.89. The Hall–Kier alpha value is -2.44. The van der Waals surface area contributed by atoms with Gasteiger partial charge in [-0.25, -0.2) is 9.97 Å². The predicted octanol–water partition coefficient (Wildman–Crippen LogP) is 2.00. The molecule has 0 radical (unpaired) electrons. The summed E-state index contributed by atoms with van der Waals surface area (Å²) in [4.78, 5) is 18.6. The van der Waals surface area contributed by atoms with Crippen LogP contribution >= 0.6 is 0 Å². The topological polar surface area (TPSA) is 85.9 Å². The van der Waals surface area contributed by atoms with Crippen molar-refractivity contribution in [3.05, 3.63) is 41.0 Å². The summed E-state index contributed by atoms with van der Waals surface area (Å²) in [6.45, 7) is 2.81. The number of nitro groups is 1. The van der Waals surface area contributed by atoms with E-state index >= 15 is 0 Å². The lowest BCUT2D eigenvalue weighted by atomic mass is 10.3. The number of anilines is 1. The number of nitrogens with zero attached hydrogens (tertiary/aromatic N) is 4. The van der Waals surface area contributed by atoms with Crippen molar-refractivity contribution in [1.82, 2.24) is 14.5 Å². The molecule has 18 heavy (non-hydrogen) atoms. The van der Waals surface area contributed by atoms with Gasteiger partial charge in [0.1, 0.15) is 12.1 Å². The van der Waals surface area contributed by atoms with Crippen LogP contribution in [0.25, 0.3) is 5.82 Å². The maximum atomic E-state index is 11.0. The van der Waals surface area contributed by atoms with Crippen LogP contribution in [0.1, 0.15) is 13.3 Å². The Balaban J connectivity index is 2.42. The standard InChI is InChI=1S/C11H13N5O2/c1-2-5-13-10-4-3-9(16(17)18)11(14-10)15-7-6-12-8-15/h3-4,6-8H,2,5H2,1H3,(H,13,14). The smallest absolute Gasteiger partial charge is 0.312 e. The number of nitrogens with one attached hydrogen (secondary N) is 1. The number of hydrogen-bond acceptors (Lipinski definition) is 5. The molecule has 0 unspecified atom stereocenters. The van der Waals surface area contributed by atoms with E-state index in [1.54, 1.807) is 18.5 Å². The van der Waals surface area contributed by atoms with Crippen molar-refractivity contribution in [2.75, 3.05) is 11.9 Å². The van der Waals surface area contributed by atoms with Gasteiger partial charge in [0, 0.05) is 25.0 Å². The largest absolute Gasteiger partial charge is 0.370 e. The minimum Gasteiger partial charge on any atom is -0.370 e. The first-order valence-corrected chi connectivity index (χ1v) is 5.60. The van der Waals surface area contributed by atoms with Crippen molar-refractivity contribution in [2.24, 2.45) is 0 Å². The SMILES string of the molecule is CCCNc1ccc([N+](=O)[O-])c(-n2ccnc2)n1. The van der Waals surface area contributed by atoms with E-state index < -0.39 is 4.92 Å². The molecule has 0 fully saturated rings. The number of hydrogen-bond donors (Lipinski definition) is 1. The second-order valence-corrected chi connectivity index (χ2v) is 3.69. The summed E-state index contributed by atoms with van der Waals surface area (Å²) >= 11 is 0. The van der Waals surface area contributed by atoms with E-state index in [1.165, 1.54) is 17.0 Å². The van der Waals surface area contributed by atoms with Gasteiger partial charge in [0.05, 0.1) is 4.92 Å². The fourth-order valence-corrected chi connectivity index (χ4v) is 1.51. The first kappa shape index (κ1) is 12.0. The lowest BCUT2D eigenvalue weighted by Crippen LogP contribution is -2.06. The molecule has 0 atom stereocenters. The second kappa shape index (κ2) is 5.26. The molecular weight excluding hydrogens is 234 g/mol. The van der Waals surface area contributed by atoms with Crippen LogP contribution in [-0.4, -0.2) is 26.0 Å². The highest BCUT2D eigenvalue weighted by molar-refractivity contribution is 5.53. The van der Waals surface area contributed by atoms with E-state index in [4.69, 9.17) is 0 Å². The van der Waals surface area contributed by atoms with Gasteiger partial charge in [-0.1, -0.05) is 6.92 Å². The Labute approximate surface area is 104 Å². The third kappa shape index (κ3) is 2.45. The molecule has 94 valence electrons. The normalized spacial score (nSPS) is 10.3. The molecule has 0 aliphatic rings. The van der Waals surface area contributed by atoms with Gasteiger partial charge in [-0.15, -0.1) is 0 Å². The van der Waals surface area contributed by atoms with Crippen molar-refractivity contribution >= 4 is 11.5 Å². The molecule has 0 aliphatic carbocycles. The Kier molecular flexibility index (Phi) is 3.52. The van der Waals surface area contributed by atoms with Crippen LogP contribution < -0.4 is 5.32 Å². The molecule has 2 heterocycles. The van der Waals surface area contributed by atoms with Gasteiger partial charge in [-0.3, -0.25) is 14.7 Å². The summed E-state index contributed by atoms with van der Waals surface area (Å²) in [6, 6.07) is 3.05. The molecule has 0 aliphatic heterocycles. The molecule has 1 N–H and O–H groups in total. The van der Waals surface area contributed by atoms with Crippen LogP contribution in [0.2, 0.25) is 0 Å². The van der Waals surface area contributed by atoms with Crippen LogP contribution in [0.15, 0.2) is 30.9 Å². The average molecular weight is 247 g/mol. The van der Waals surface area contributed by atoms with Crippen molar-refractivity contribution in [1.29, 1.82) is 0 Å². The monoisotopic (exact) mass is 247 g/mol. The van der Waals surface area contributed by atoms with Gasteiger partial charge in [0.2, 0.25) is 5.82 Å². The van der Waals surface area contributed by atoms with Crippen molar-refractivity contribution < 1.29 is 4.92 Å². The zero-order valence-corrected chi connectivity index (χ0v) is 9.91. The minimum atomic E-state index is -0.452. The van der Waals surface area contributed by atoms with Crippen LogP contribution in [0, 0.1) is 10.1 Å². The molecule has 0 amide bonds. The first-order chi connectivity index (χ1) is 8.72. The summed E-state index contributed by atoms with van der Waals surface area (Å²) < 4.78 is 1.52. The maximum Gasteiger partial charge on any atom is 0.312 e. The molecule has 0 saturated heterocycles. The minimum absolute atomic E-state index is 0.0463. The van der Waals surface area contributed by atoms with E-state index in [9.17, 15) is 10.1 Å². The predicted molar refractivity (Wildman–Crippen MR) is 66.8 cm³/mol. The highest BCUT2D eigenvalue weighted by Crippen LogP contribution is 2.22. The number of aromatic nitrogens is 3. The molecule has 2 aromatic rings. The van der Waals surface area contributed by atoms with Crippen molar-refractivity contribution in [3.63, 3.8) is 0 Å². The third-order valence-corrected chi connectivity index (χ3v) is 2.36. The number of pyridine rings is 1. The number of imidazole rings is 1. The molecule has 0 saturated carbocycles. The van der Waals surface area contributed by atoms with E-state index in [-0.39, 0.29) is 11.5 Å². The second-order valence-electron chi connectivity index (χ2n) is 3.69. The fraction of sp³-hybridized carbons (Fsp3) is 0.273. The molecule has 7 heteroatoms. The zero-order chi connectivity index (χ0) is 13.0. The van der Waals surface area contributed by atoms with Crippen molar-refractivity contribution in [2.45, 2.75) is 13.3 Å². The van der Waals surface area contributed by atoms with Gasteiger partial charge >= 0.3 is 5.69 Å². The molecule has 7 nitrogen and oxygen atoms in total. The highest BCUT2D eigenvalue weighted by Gasteiger charge is 2.17. The van der Waals surface area contributed by atoms with Gasteiger partial charge < -0.3 is 5.32 Å². The summed E-state index contributed by atoms with van der Waals surface area (Å²) in [7, 11) is 0. The van der Waals surface area contributed by atoms with Gasteiger partial charge in [0.15, 0.2) is 0 Å². The summed E-state index contributed by atoms with van der Waals surface area (Å²) in [6.07, 6.45) is 5.62. The quantitative estimate of drug-likeness (QED) is 0.645. The maximum absolute atomic E-state index is 11.0. The van der Waals surface area contributed by atoms with E-state index in [0.717, 1.165) is 13.0 Å². The van der Waals surface area contributed by atoms with Gasteiger partial charge in [-0.05, 0) is 12.5 Å². The van der Waals surface area contributed by atoms with E-state index in [2.05, 4.69) is 15.3 Å². The van der Waals surface area contributed by atoms with Crippen molar-refractivity contribution in [3.8, 4) is 5.82 Å². The van der Waals surface area contributed by atoms with Gasteiger partial charge in [0.25, 0.3) is 0 Å². The first-order valence-electron chi connectivity index (χ1n) is 5.60. The molecular formula is C11H13N5O2. The molecule has 2 rings (SSSR count). The van der Waals surface area contributed by atoms with Crippen LogP contribution in [0.3, 0.4) is 0 Å². The van der Waals surface area contributed by atoms with Crippen LogP contribution in [0.4, 0.5) is 11.5 Å². The molecule has 0 aromatic carbocycles. The van der Waals surface area contributed by atoms with E-state index in [0.29, 0.717) is 5.82 Å². The fourth-order valence-electron chi connectivity index (χ4n) is 1.51. The Bertz CT molecular complexity index is 538. The third-order valence-electron chi connectivity index (χ3n) is 2.36. The Morgan fingerprint density at radius 3 is 2.94 bits per heavy atom. The lowest BCUT2D eigenvalue weighted by molar-refractivity contribution is -0.384. The summed E-state index contributed by atoms with van der Waals surface area (Å²) in [5.41, 5.74) is -0.0463. The summed E-state index contributed by atoms with van der Waals surface area (Å²) in [5.74, 6) is 0.879. The summed E-state index contributed by atoms with van der Waals surface area (Å²) in [5, 5.41) is 14.0. The lowest BCUT2D eigenvalue weighted by Gasteiger charge is -2.07. The zero-order valence-electron chi connectivity index (χ0n) is 9.91. The van der Waals surface area contributed by atoms with Crippen LogP contribution in [-0.2, 0) is 0 Å². The highest BCUT2D eigenvalue weighted by atomic mass is 16.6. The molecule has 2 aromatic heterocycles. The Morgan fingerprint density at radius 2 is 2.33 bits per heavy atom. The molecule has 0 spiro atoms. The molecule has 0 bridgehead atoms. The number of rotatable bonds is 5. The van der Waals surface area contributed by atoms with Gasteiger partial charge in [-0.2, -0.15) is 0 Å². The van der Waals surface area contributed by atoms with E-state index in [1.807, 2.05) is 6.92 Å². The Morgan fingerprint density at radius 1 is 1.50 bits per heavy atom.